The zero-order valence-corrected chi connectivity index (χ0v) is 19.5. The maximum absolute atomic E-state index is 13.0. The molecule has 0 radical (unpaired) electrons. The molecule has 7 nitrogen and oxygen atoms in total. The van der Waals surface area contributed by atoms with E-state index in [1.807, 2.05) is 22.2 Å². The number of hydrogen-bond donors (Lipinski definition) is 1. The summed E-state index contributed by atoms with van der Waals surface area (Å²) in [5.41, 5.74) is 2.28. The van der Waals surface area contributed by atoms with Gasteiger partial charge in [-0.3, -0.25) is 4.79 Å². The average molecular weight is 473 g/mol. The molecule has 2 heterocycles. The molecule has 3 aromatic rings. The number of anilines is 1. The lowest BCUT2D eigenvalue weighted by Crippen LogP contribution is -2.22. The fourth-order valence-electron chi connectivity index (χ4n) is 3.68. The minimum atomic E-state index is -0.572. The highest BCUT2D eigenvalue weighted by molar-refractivity contribution is 7.14. The molecule has 2 aromatic heterocycles. The van der Waals surface area contributed by atoms with Crippen LogP contribution in [-0.2, 0) is 16.1 Å². The molecule has 1 aliphatic rings. The molecule has 1 fully saturated rings. The summed E-state index contributed by atoms with van der Waals surface area (Å²) >= 11 is 3.11. The summed E-state index contributed by atoms with van der Waals surface area (Å²) in [6.07, 6.45) is 3.80. The van der Waals surface area contributed by atoms with Crippen LogP contribution >= 0.6 is 22.7 Å². The van der Waals surface area contributed by atoms with Crippen LogP contribution in [0.2, 0.25) is 0 Å². The van der Waals surface area contributed by atoms with E-state index in [-0.39, 0.29) is 24.0 Å². The van der Waals surface area contributed by atoms with E-state index in [9.17, 15) is 9.59 Å². The van der Waals surface area contributed by atoms with Crippen LogP contribution in [0.1, 0.15) is 41.7 Å². The second kappa shape index (κ2) is 10.1. The normalized spacial score (nSPS) is 13.7. The molecule has 1 amide bonds. The number of thiazole rings is 1. The summed E-state index contributed by atoms with van der Waals surface area (Å²) in [5, 5.41) is 9.67. The summed E-state index contributed by atoms with van der Waals surface area (Å²) in [6.45, 7) is 0.0316. The molecule has 32 heavy (non-hydrogen) atoms. The third-order valence-corrected chi connectivity index (χ3v) is 7.02. The molecule has 0 atom stereocenters. The summed E-state index contributed by atoms with van der Waals surface area (Å²) in [4.78, 5) is 30.2. The van der Waals surface area contributed by atoms with Crippen molar-refractivity contribution in [2.45, 2.75) is 32.3 Å². The minimum Gasteiger partial charge on any atom is -0.493 e. The summed E-state index contributed by atoms with van der Waals surface area (Å²) in [6, 6.07) is 5.13. The van der Waals surface area contributed by atoms with Gasteiger partial charge in [0.25, 0.3) is 0 Å². The lowest BCUT2D eigenvalue weighted by atomic mass is 10.1. The van der Waals surface area contributed by atoms with E-state index in [2.05, 4.69) is 10.3 Å². The number of esters is 1. The first-order valence-electron chi connectivity index (χ1n) is 10.3. The molecule has 1 N–H and O–H groups in total. The molecule has 1 saturated carbocycles. The standard InChI is InChI=1S/C23H24N2O5S2/c1-28-19-9-17(18(10-20(19)29-2)25-21(26)14-5-3-4-6-14)23(27)30-11-16-13-32-22(24-16)15-7-8-31-12-15/h7-10,12-14H,3-6,11H2,1-2H3,(H,25,26). The number of hydrogen-bond acceptors (Lipinski definition) is 8. The number of rotatable bonds is 8. The molecule has 0 unspecified atom stereocenters. The van der Waals surface area contributed by atoms with Crippen molar-refractivity contribution in [2.24, 2.45) is 5.92 Å². The number of benzene rings is 1. The highest BCUT2D eigenvalue weighted by Gasteiger charge is 2.26. The molecule has 0 aliphatic heterocycles. The Bertz CT molecular complexity index is 1090. The van der Waals surface area contributed by atoms with Crippen molar-refractivity contribution in [3.05, 3.63) is 45.6 Å². The SMILES string of the molecule is COc1cc(NC(=O)C2CCCC2)c(C(=O)OCc2csc(-c3ccsc3)n2)cc1OC. The minimum absolute atomic E-state index is 0.0316. The van der Waals surface area contributed by atoms with Gasteiger partial charge in [0, 0.05) is 34.4 Å². The zero-order valence-electron chi connectivity index (χ0n) is 17.9. The maximum Gasteiger partial charge on any atom is 0.340 e. The molecular formula is C23H24N2O5S2. The highest BCUT2D eigenvalue weighted by atomic mass is 32.1. The number of carbonyl (C=O) groups excluding carboxylic acids is 2. The molecule has 1 aliphatic carbocycles. The third kappa shape index (κ3) is 4.94. The summed E-state index contributed by atoms with van der Waals surface area (Å²) < 4.78 is 16.2. The number of amides is 1. The molecule has 0 spiro atoms. The summed E-state index contributed by atoms with van der Waals surface area (Å²) in [5.74, 6) is 0.0938. The van der Waals surface area contributed by atoms with Gasteiger partial charge in [0.05, 0.1) is 31.2 Å². The van der Waals surface area contributed by atoms with Gasteiger partial charge < -0.3 is 19.5 Å². The molecule has 0 bridgehead atoms. The Hall–Kier alpha value is -2.91. The fourth-order valence-corrected chi connectivity index (χ4v) is 5.20. The highest BCUT2D eigenvalue weighted by Crippen LogP contribution is 2.35. The Labute approximate surface area is 194 Å². The molecule has 9 heteroatoms. The van der Waals surface area contributed by atoms with Crippen LogP contribution in [-0.4, -0.2) is 31.1 Å². The van der Waals surface area contributed by atoms with Crippen LogP contribution in [0.5, 0.6) is 11.5 Å². The van der Waals surface area contributed by atoms with E-state index >= 15 is 0 Å². The molecule has 4 rings (SSSR count). The molecular weight excluding hydrogens is 448 g/mol. The van der Waals surface area contributed by atoms with Crippen molar-refractivity contribution in [1.82, 2.24) is 4.98 Å². The van der Waals surface area contributed by atoms with Crippen molar-refractivity contribution in [3.63, 3.8) is 0 Å². The summed E-state index contributed by atoms with van der Waals surface area (Å²) in [7, 11) is 3.00. The van der Waals surface area contributed by atoms with E-state index in [4.69, 9.17) is 14.2 Å². The molecule has 168 valence electrons. The van der Waals surface area contributed by atoms with Crippen molar-refractivity contribution < 1.29 is 23.8 Å². The van der Waals surface area contributed by atoms with E-state index in [0.717, 1.165) is 36.3 Å². The van der Waals surface area contributed by atoms with Gasteiger partial charge in [-0.05, 0) is 24.3 Å². The fraction of sp³-hybridized carbons (Fsp3) is 0.348. The van der Waals surface area contributed by atoms with Crippen molar-refractivity contribution in [1.29, 1.82) is 0 Å². The smallest absolute Gasteiger partial charge is 0.340 e. The Morgan fingerprint density at radius 3 is 2.56 bits per heavy atom. The number of ether oxygens (including phenoxy) is 3. The number of methoxy groups -OCH3 is 2. The van der Waals surface area contributed by atoms with Crippen LogP contribution in [0.25, 0.3) is 10.6 Å². The Balaban J connectivity index is 1.52. The van der Waals surface area contributed by atoms with Crippen molar-refractivity contribution in [2.75, 3.05) is 19.5 Å². The van der Waals surface area contributed by atoms with Crippen LogP contribution in [0.4, 0.5) is 5.69 Å². The number of thiophene rings is 1. The Kier molecular flexibility index (Phi) is 7.06. The number of carbonyl (C=O) groups is 2. The third-order valence-electron chi connectivity index (χ3n) is 5.40. The molecule has 0 saturated heterocycles. The topological polar surface area (TPSA) is 86.8 Å². The van der Waals surface area contributed by atoms with Gasteiger partial charge in [-0.1, -0.05) is 12.8 Å². The second-order valence-electron chi connectivity index (χ2n) is 7.46. The lowest BCUT2D eigenvalue weighted by Gasteiger charge is -2.16. The molecule has 1 aromatic carbocycles. The van der Waals surface area contributed by atoms with Crippen LogP contribution in [0, 0.1) is 5.92 Å². The van der Waals surface area contributed by atoms with Crippen molar-refractivity contribution >= 4 is 40.2 Å². The maximum atomic E-state index is 13.0. The monoisotopic (exact) mass is 472 g/mol. The van der Waals surface area contributed by atoms with Crippen molar-refractivity contribution in [3.8, 4) is 22.1 Å². The van der Waals surface area contributed by atoms with Gasteiger partial charge in [-0.25, -0.2) is 9.78 Å². The van der Waals surface area contributed by atoms with Gasteiger partial charge in [-0.15, -0.1) is 11.3 Å². The largest absolute Gasteiger partial charge is 0.493 e. The van der Waals surface area contributed by atoms with E-state index in [1.165, 1.54) is 31.6 Å². The van der Waals surface area contributed by atoms with Gasteiger partial charge in [0.2, 0.25) is 5.91 Å². The van der Waals surface area contributed by atoms with Crippen LogP contribution < -0.4 is 14.8 Å². The number of aromatic nitrogens is 1. The zero-order chi connectivity index (χ0) is 22.5. The van der Waals surface area contributed by atoms with E-state index in [1.54, 1.807) is 17.4 Å². The second-order valence-corrected chi connectivity index (χ2v) is 9.09. The first-order chi connectivity index (χ1) is 15.6. The Morgan fingerprint density at radius 2 is 1.88 bits per heavy atom. The van der Waals surface area contributed by atoms with Crippen LogP contribution in [0.15, 0.2) is 34.3 Å². The number of nitrogens with zero attached hydrogens (tertiary/aromatic N) is 1. The quantitative estimate of drug-likeness (QED) is 0.443. The van der Waals surface area contributed by atoms with E-state index < -0.39 is 5.97 Å². The Morgan fingerprint density at radius 1 is 1.12 bits per heavy atom. The van der Waals surface area contributed by atoms with E-state index in [0.29, 0.717) is 22.9 Å². The number of nitrogens with one attached hydrogen (secondary N) is 1. The predicted molar refractivity (Wildman–Crippen MR) is 125 cm³/mol. The van der Waals surface area contributed by atoms with Gasteiger partial charge in [0.1, 0.15) is 11.6 Å². The van der Waals surface area contributed by atoms with Gasteiger partial charge in [0.15, 0.2) is 11.5 Å². The first-order valence-corrected chi connectivity index (χ1v) is 12.1. The lowest BCUT2D eigenvalue weighted by molar-refractivity contribution is -0.119. The van der Waals surface area contributed by atoms with Crippen LogP contribution in [0.3, 0.4) is 0 Å². The first kappa shape index (κ1) is 22.3. The average Bonchev–Trinajstić information content (AvgIpc) is 3.58. The van der Waals surface area contributed by atoms with Gasteiger partial charge in [-0.2, -0.15) is 11.3 Å². The van der Waals surface area contributed by atoms with Gasteiger partial charge >= 0.3 is 5.97 Å². The predicted octanol–water partition coefficient (Wildman–Crippen LogP) is 5.37.